The molecule has 0 spiro atoms. The van der Waals surface area contributed by atoms with Crippen LogP contribution in [0.4, 0.5) is 15.8 Å². The van der Waals surface area contributed by atoms with Crippen LogP contribution in [0.15, 0.2) is 18.2 Å². The highest BCUT2D eigenvalue weighted by Crippen LogP contribution is 2.28. The van der Waals surface area contributed by atoms with Crippen LogP contribution >= 0.6 is 0 Å². The van der Waals surface area contributed by atoms with Gasteiger partial charge in [0, 0.05) is 12.6 Å². The number of nitro benzene ring substituents is 1. The molecule has 92 valence electrons. The van der Waals surface area contributed by atoms with Gasteiger partial charge in [-0.25, -0.2) is 0 Å². The first-order chi connectivity index (χ1) is 8.18. The van der Waals surface area contributed by atoms with Crippen LogP contribution in [-0.2, 0) is 0 Å². The fourth-order valence-electron chi connectivity index (χ4n) is 2.01. The molecule has 5 nitrogen and oxygen atoms in total. The zero-order chi connectivity index (χ0) is 12.3. The van der Waals surface area contributed by atoms with E-state index in [-0.39, 0.29) is 11.7 Å². The molecule has 17 heavy (non-hydrogen) atoms. The highest BCUT2D eigenvalue weighted by molar-refractivity contribution is 5.62. The molecule has 0 amide bonds. The fraction of sp³-hybridized carbons (Fsp3) is 0.455. The van der Waals surface area contributed by atoms with Gasteiger partial charge in [0.1, 0.15) is 5.69 Å². The molecule has 1 fully saturated rings. The van der Waals surface area contributed by atoms with Crippen LogP contribution in [0.25, 0.3) is 0 Å². The monoisotopic (exact) mass is 239 g/mol. The van der Waals surface area contributed by atoms with Crippen molar-refractivity contribution in [2.75, 3.05) is 18.4 Å². The Labute approximate surface area is 98.2 Å². The summed E-state index contributed by atoms with van der Waals surface area (Å²) in [6, 6.07) is 4.23. The molecule has 6 heteroatoms. The molecule has 0 radical (unpaired) electrons. The van der Waals surface area contributed by atoms with Crippen LogP contribution in [0.1, 0.15) is 12.8 Å². The lowest BCUT2D eigenvalue weighted by atomic mass is 10.1. The number of para-hydroxylation sites is 1. The summed E-state index contributed by atoms with van der Waals surface area (Å²) in [6.45, 7) is 1.71. The van der Waals surface area contributed by atoms with Gasteiger partial charge in [-0.05, 0) is 31.5 Å². The molecule has 1 aromatic carbocycles. The number of nitrogens with zero attached hydrogens (tertiary/aromatic N) is 1. The standard InChI is InChI=1S/C11H14FN3O2/c12-9-4-1-5-10(11(9)15(16)17)14-8-3-2-6-13-7-8/h1,4-5,8,13-14H,2-3,6-7H2. The number of piperidine rings is 1. The van der Waals surface area contributed by atoms with E-state index in [1.54, 1.807) is 0 Å². The molecule has 1 aliphatic heterocycles. The second-order valence-corrected chi connectivity index (χ2v) is 4.08. The Kier molecular flexibility index (Phi) is 3.53. The predicted octanol–water partition coefficient (Wildman–Crippen LogP) is 1.90. The summed E-state index contributed by atoms with van der Waals surface area (Å²) in [4.78, 5) is 10.1. The minimum atomic E-state index is -0.802. The molecular weight excluding hydrogens is 225 g/mol. The third-order valence-electron chi connectivity index (χ3n) is 2.83. The first-order valence-corrected chi connectivity index (χ1v) is 5.58. The van der Waals surface area contributed by atoms with E-state index in [1.165, 1.54) is 12.1 Å². The lowest BCUT2D eigenvalue weighted by molar-refractivity contribution is -0.386. The van der Waals surface area contributed by atoms with Crippen molar-refractivity contribution in [1.82, 2.24) is 5.32 Å². The van der Waals surface area contributed by atoms with Gasteiger partial charge in [0.2, 0.25) is 5.82 Å². The quantitative estimate of drug-likeness (QED) is 0.624. The first-order valence-electron chi connectivity index (χ1n) is 5.58. The molecule has 0 aliphatic carbocycles. The topological polar surface area (TPSA) is 67.2 Å². The molecular formula is C11H14FN3O2. The van der Waals surface area contributed by atoms with Crippen LogP contribution in [0, 0.1) is 15.9 Å². The molecule has 2 rings (SSSR count). The van der Waals surface area contributed by atoms with Crippen molar-refractivity contribution in [1.29, 1.82) is 0 Å². The van der Waals surface area contributed by atoms with Crippen molar-refractivity contribution in [3.63, 3.8) is 0 Å². The summed E-state index contributed by atoms with van der Waals surface area (Å²) in [7, 11) is 0. The number of anilines is 1. The van der Waals surface area contributed by atoms with Gasteiger partial charge >= 0.3 is 5.69 Å². The van der Waals surface area contributed by atoms with Crippen LogP contribution in [0.5, 0.6) is 0 Å². The van der Waals surface area contributed by atoms with Crippen molar-refractivity contribution in [3.8, 4) is 0 Å². The zero-order valence-corrected chi connectivity index (χ0v) is 9.28. The van der Waals surface area contributed by atoms with E-state index in [1.807, 2.05) is 0 Å². The molecule has 1 aromatic rings. The Balaban J connectivity index is 2.19. The average Bonchev–Trinajstić information content (AvgIpc) is 2.30. The second-order valence-electron chi connectivity index (χ2n) is 4.08. The predicted molar refractivity (Wildman–Crippen MR) is 62.6 cm³/mol. The summed E-state index contributed by atoms with van der Waals surface area (Å²) >= 11 is 0. The van der Waals surface area contributed by atoms with E-state index in [0.29, 0.717) is 0 Å². The second kappa shape index (κ2) is 5.09. The number of hydrogen-bond donors (Lipinski definition) is 2. The first kappa shape index (κ1) is 11.8. The molecule has 1 atom stereocenters. The van der Waals surface area contributed by atoms with Gasteiger partial charge in [-0.2, -0.15) is 4.39 Å². The summed E-state index contributed by atoms with van der Waals surface area (Å²) < 4.78 is 13.4. The van der Waals surface area contributed by atoms with Gasteiger partial charge in [0.05, 0.1) is 4.92 Å². The Morgan fingerprint density at radius 2 is 2.35 bits per heavy atom. The number of hydrogen-bond acceptors (Lipinski definition) is 4. The van der Waals surface area contributed by atoms with E-state index >= 15 is 0 Å². The summed E-state index contributed by atoms with van der Waals surface area (Å²) in [6.07, 6.45) is 1.95. The SMILES string of the molecule is O=[N+]([O-])c1c(F)cccc1NC1CCCNC1. The van der Waals surface area contributed by atoms with E-state index in [0.717, 1.165) is 32.0 Å². The van der Waals surface area contributed by atoms with Gasteiger partial charge in [-0.1, -0.05) is 6.07 Å². The zero-order valence-electron chi connectivity index (χ0n) is 9.28. The summed E-state index contributed by atoms with van der Waals surface area (Å²) in [5, 5.41) is 17.0. The highest BCUT2D eigenvalue weighted by Gasteiger charge is 2.22. The number of rotatable bonds is 3. The Bertz CT molecular complexity index is 419. The average molecular weight is 239 g/mol. The van der Waals surface area contributed by atoms with Crippen LogP contribution in [-0.4, -0.2) is 24.1 Å². The maximum Gasteiger partial charge on any atom is 0.327 e. The minimum absolute atomic E-state index is 0.115. The Morgan fingerprint density at radius 3 is 3.00 bits per heavy atom. The molecule has 1 unspecified atom stereocenters. The van der Waals surface area contributed by atoms with Crippen molar-refractivity contribution in [2.24, 2.45) is 0 Å². The Morgan fingerprint density at radius 1 is 1.53 bits per heavy atom. The van der Waals surface area contributed by atoms with E-state index in [4.69, 9.17) is 0 Å². The lowest BCUT2D eigenvalue weighted by Crippen LogP contribution is -2.38. The fourth-order valence-corrected chi connectivity index (χ4v) is 2.01. The van der Waals surface area contributed by atoms with Crippen LogP contribution in [0.3, 0.4) is 0 Å². The van der Waals surface area contributed by atoms with Gasteiger partial charge in [0.25, 0.3) is 0 Å². The molecule has 1 aliphatic rings. The Hall–Kier alpha value is -1.69. The number of nitro groups is 1. The maximum atomic E-state index is 13.4. The number of nitrogens with one attached hydrogen (secondary N) is 2. The highest BCUT2D eigenvalue weighted by atomic mass is 19.1. The lowest BCUT2D eigenvalue weighted by Gasteiger charge is -2.24. The van der Waals surface area contributed by atoms with Gasteiger partial charge < -0.3 is 10.6 Å². The van der Waals surface area contributed by atoms with E-state index < -0.39 is 16.4 Å². The molecule has 1 heterocycles. The van der Waals surface area contributed by atoms with E-state index in [9.17, 15) is 14.5 Å². The molecule has 0 bridgehead atoms. The normalized spacial score (nSPS) is 19.9. The molecule has 2 N–H and O–H groups in total. The van der Waals surface area contributed by atoms with Crippen LogP contribution < -0.4 is 10.6 Å². The van der Waals surface area contributed by atoms with E-state index in [2.05, 4.69) is 10.6 Å². The van der Waals surface area contributed by atoms with Crippen molar-refractivity contribution in [2.45, 2.75) is 18.9 Å². The van der Waals surface area contributed by atoms with Crippen LogP contribution in [0.2, 0.25) is 0 Å². The van der Waals surface area contributed by atoms with Crippen molar-refractivity contribution >= 4 is 11.4 Å². The molecule has 0 saturated carbocycles. The van der Waals surface area contributed by atoms with Gasteiger partial charge in [-0.15, -0.1) is 0 Å². The van der Waals surface area contributed by atoms with Gasteiger partial charge in [0.15, 0.2) is 0 Å². The summed E-state index contributed by atoms with van der Waals surface area (Å²) in [5.41, 5.74) is -0.221. The van der Waals surface area contributed by atoms with Gasteiger partial charge in [-0.3, -0.25) is 10.1 Å². The smallest absolute Gasteiger partial charge is 0.327 e. The molecule has 1 saturated heterocycles. The van der Waals surface area contributed by atoms with Crippen molar-refractivity contribution < 1.29 is 9.31 Å². The molecule has 0 aromatic heterocycles. The third-order valence-corrected chi connectivity index (χ3v) is 2.83. The largest absolute Gasteiger partial charge is 0.375 e. The maximum absolute atomic E-state index is 13.4. The minimum Gasteiger partial charge on any atom is -0.375 e. The summed E-state index contributed by atoms with van der Waals surface area (Å²) in [5.74, 6) is -0.802. The van der Waals surface area contributed by atoms with Crippen molar-refractivity contribution in [3.05, 3.63) is 34.1 Å². The number of benzene rings is 1. The number of halogens is 1. The third kappa shape index (κ3) is 2.71.